The normalized spacial score (nSPS) is 13.0. The van der Waals surface area contributed by atoms with Crippen LogP contribution >= 0.6 is 23.2 Å². The summed E-state index contributed by atoms with van der Waals surface area (Å²) in [5.74, 6) is -1.30. The van der Waals surface area contributed by atoms with Crippen molar-refractivity contribution < 1.29 is 31.2 Å². The summed E-state index contributed by atoms with van der Waals surface area (Å²) in [6.07, 6.45) is -4.23. The molecule has 0 aliphatic rings. The van der Waals surface area contributed by atoms with Gasteiger partial charge in [-0.25, -0.2) is 8.42 Å². The number of nitrogens with zero attached hydrogens (tertiary/aromatic N) is 2. The maximum atomic E-state index is 14.5. The Hall–Kier alpha value is -4.06. The van der Waals surface area contributed by atoms with Crippen LogP contribution in [0, 0.1) is 6.92 Å². The molecule has 0 bridgehead atoms. The second-order valence-electron chi connectivity index (χ2n) is 11.7. The predicted molar refractivity (Wildman–Crippen MR) is 186 cm³/mol. The molecule has 0 aliphatic heterocycles. The van der Waals surface area contributed by atoms with Crippen LogP contribution in [-0.4, -0.2) is 43.8 Å². The number of benzene rings is 4. The lowest BCUT2D eigenvalue weighted by Crippen LogP contribution is -2.54. The van der Waals surface area contributed by atoms with Crippen LogP contribution in [0.4, 0.5) is 18.9 Å². The fourth-order valence-corrected chi connectivity index (χ4v) is 6.79. The zero-order valence-corrected chi connectivity index (χ0v) is 29.4. The summed E-state index contributed by atoms with van der Waals surface area (Å²) in [6.45, 7) is 4.40. The summed E-state index contributed by atoms with van der Waals surface area (Å²) < 4.78 is 70.9. The highest BCUT2D eigenvalue weighted by Gasteiger charge is 2.38. The minimum Gasteiger partial charge on any atom is -0.352 e. The van der Waals surface area contributed by atoms with Crippen molar-refractivity contribution in [2.75, 3.05) is 10.8 Å². The number of nitrogens with one attached hydrogen (secondary N) is 1. The van der Waals surface area contributed by atoms with Crippen LogP contribution in [0.1, 0.15) is 42.5 Å². The van der Waals surface area contributed by atoms with Crippen molar-refractivity contribution in [2.45, 2.75) is 63.3 Å². The summed E-state index contributed by atoms with van der Waals surface area (Å²) in [4.78, 5) is 29.5. The van der Waals surface area contributed by atoms with Crippen LogP contribution in [0.15, 0.2) is 102 Å². The molecule has 7 nitrogen and oxygen atoms in total. The van der Waals surface area contributed by atoms with Gasteiger partial charge >= 0.3 is 6.18 Å². The molecular weight excluding hydrogens is 698 g/mol. The Balaban J connectivity index is 1.87. The Kier molecular flexibility index (Phi) is 12.4. The number of amides is 2. The van der Waals surface area contributed by atoms with E-state index in [1.54, 1.807) is 55.5 Å². The largest absolute Gasteiger partial charge is 0.417 e. The van der Waals surface area contributed by atoms with E-state index in [2.05, 4.69) is 5.32 Å². The van der Waals surface area contributed by atoms with Gasteiger partial charge in [-0.3, -0.25) is 13.9 Å². The Bertz CT molecular complexity index is 1860. The lowest BCUT2D eigenvalue weighted by molar-refractivity contribution is -0.140. The van der Waals surface area contributed by atoms with Gasteiger partial charge in [0.1, 0.15) is 12.6 Å². The van der Waals surface area contributed by atoms with E-state index in [-0.39, 0.29) is 23.9 Å². The predicted octanol–water partition coefficient (Wildman–Crippen LogP) is 8.07. The zero-order valence-electron chi connectivity index (χ0n) is 27.0. The molecule has 4 aromatic rings. The Morgan fingerprint density at radius 3 is 2.10 bits per heavy atom. The van der Waals surface area contributed by atoms with Crippen molar-refractivity contribution in [3.05, 3.63) is 129 Å². The van der Waals surface area contributed by atoms with Crippen LogP contribution in [0.5, 0.6) is 0 Å². The molecule has 4 rings (SSSR count). The van der Waals surface area contributed by atoms with Gasteiger partial charge in [0.15, 0.2) is 0 Å². The monoisotopic (exact) mass is 733 g/mol. The molecule has 1 N–H and O–H groups in total. The second-order valence-corrected chi connectivity index (χ2v) is 14.4. The maximum Gasteiger partial charge on any atom is 0.417 e. The average Bonchev–Trinajstić information content (AvgIpc) is 3.06. The van der Waals surface area contributed by atoms with E-state index in [4.69, 9.17) is 23.2 Å². The van der Waals surface area contributed by atoms with Crippen molar-refractivity contribution in [1.29, 1.82) is 0 Å². The van der Waals surface area contributed by atoms with Crippen molar-refractivity contribution in [1.82, 2.24) is 10.2 Å². The number of anilines is 1. The van der Waals surface area contributed by atoms with Crippen LogP contribution < -0.4 is 9.62 Å². The number of halogens is 5. The van der Waals surface area contributed by atoms with E-state index in [9.17, 15) is 31.2 Å². The Morgan fingerprint density at radius 2 is 1.51 bits per heavy atom. The number of sulfonamides is 1. The van der Waals surface area contributed by atoms with Gasteiger partial charge in [-0.05, 0) is 73.9 Å². The molecule has 0 radical (unpaired) electrons. The number of hydrogen-bond acceptors (Lipinski definition) is 4. The van der Waals surface area contributed by atoms with Crippen molar-refractivity contribution in [3.63, 3.8) is 0 Å². The van der Waals surface area contributed by atoms with Gasteiger partial charge in [0.05, 0.1) is 21.2 Å². The molecule has 0 spiro atoms. The first-order chi connectivity index (χ1) is 23.1. The van der Waals surface area contributed by atoms with Gasteiger partial charge in [0, 0.05) is 24.0 Å². The van der Waals surface area contributed by atoms with Gasteiger partial charge in [-0.2, -0.15) is 13.2 Å². The summed E-state index contributed by atoms with van der Waals surface area (Å²) in [5.41, 5.74) is 0.373. The highest BCUT2D eigenvalue weighted by Crippen LogP contribution is 2.38. The highest BCUT2D eigenvalue weighted by atomic mass is 35.5. The first-order valence-electron chi connectivity index (χ1n) is 15.4. The number of aryl methyl sites for hydroxylation is 1. The summed E-state index contributed by atoms with van der Waals surface area (Å²) >= 11 is 12.0. The average molecular weight is 735 g/mol. The van der Waals surface area contributed by atoms with E-state index in [0.717, 1.165) is 23.3 Å². The van der Waals surface area contributed by atoms with Gasteiger partial charge in [0.25, 0.3) is 10.0 Å². The molecule has 49 heavy (non-hydrogen) atoms. The molecule has 0 fully saturated rings. The number of hydrogen-bond donors (Lipinski definition) is 1. The third-order valence-electron chi connectivity index (χ3n) is 7.97. The molecule has 13 heteroatoms. The minimum atomic E-state index is -4.91. The molecule has 4 aromatic carbocycles. The van der Waals surface area contributed by atoms with E-state index in [1.165, 1.54) is 29.2 Å². The van der Waals surface area contributed by atoms with Gasteiger partial charge in [-0.15, -0.1) is 0 Å². The minimum absolute atomic E-state index is 0.0757. The molecule has 0 saturated carbocycles. The van der Waals surface area contributed by atoms with E-state index >= 15 is 0 Å². The van der Waals surface area contributed by atoms with Crippen molar-refractivity contribution >= 4 is 50.7 Å². The molecule has 2 unspecified atom stereocenters. The van der Waals surface area contributed by atoms with Crippen LogP contribution in [-0.2, 0) is 38.8 Å². The Morgan fingerprint density at radius 1 is 0.878 bits per heavy atom. The van der Waals surface area contributed by atoms with Crippen molar-refractivity contribution in [2.24, 2.45) is 0 Å². The first-order valence-corrected chi connectivity index (χ1v) is 17.6. The smallest absolute Gasteiger partial charge is 0.352 e. The van der Waals surface area contributed by atoms with Gasteiger partial charge in [0.2, 0.25) is 11.8 Å². The Labute approximate surface area is 294 Å². The molecule has 0 saturated heterocycles. The lowest BCUT2D eigenvalue weighted by atomic mass is 10.0. The molecule has 0 aromatic heterocycles. The lowest BCUT2D eigenvalue weighted by Gasteiger charge is -2.34. The molecule has 0 aliphatic carbocycles. The second kappa shape index (κ2) is 16.1. The zero-order chi connectivity index (χ0) is 35.9. The number of carbonyl (C=O) groups excluding carboxylic acids is 2. The van der Waals surface area contributed by atoms with E-state index in [0.29, 0.717) is 27.4 Å². The van der Waals surface area contributed by atoms with Gasteiger partial charge < -0.3 is 10.2 Å². The third kappa shape index (κ3) is 9.77. The van der Waals surface area contributed by atoms with Crippen molar-refractivity contribution in [3.8, 4) is 0 Å². The van der Waals surface area contributed by atoms with Gasteiger partial charge in [-0.1, -0.05) is 90.3 Å². The van der Waals surface area contributed by atoms with Crippen LogP contribution in [0.3, 0.4) is 0 Å². The first kappa shape index (κ1) is 37.8. The van der Waals surface area contributed by atoms with E-state index < -0.39 is 56.9 Å². The maximum absolute atomic E-state index is 14.5. The highest BCUT2D eigenvalue weighted by molar-refractivity contribution is 7.92. The van der Waals surface area contributed by atoms with Crippen LogP contribution in [0.25, 0.3) is 0 Å². The molecule has 2 amide bonds. The molecule has 0 heterocycles. The SMILES string of the molecule is CCC(C)NC(=O)C(Cc1ccccc1)N(Cc1ccc(Cl)cc1)C(=O)CN(c1ccc(Cl)c(C(F)(F)F)c1)S(=O)(=O)c1ccc(C)cc1. The fourth-order valence-electron chi connectivity index (χ4n) is 5.03. The molecule has 2 atom stereocenters. The number of rotatable bonds is 13. The number of carbonyl (C=O) groups is 2. The summed E-state index contributed by atoms with van der Waals surface area (Å²) in [5, 5.41) is 2.74. The standard InChI is InChI=1S/C36H36Cl2F3N3O4S/c1-4-25(3)42-35(46)33(20-26-8-6-5-7-9-26)43(22-27-12-14-28(37)15-13-27)34(45)23-44(49(47,48)30-17-10-24(2)11-18-30)29-16-19-32(38)31(21-29)36(39,40)41/h5-19,21,25,33H,4,20,22-23H2,1-3H3,(H,42,46). The topological polar surface area (TPSA) is 86.8 Å². The quantitative estimate of drug-likeness (QED) is 0.151. The fraction of sp³-hybridized carbons (Fsp3) is 0.278. The number of alkyl halides is 3. The third-order valence-corrected chi connectivity index (χ3v) is 10.3. The van der Waals surface area contributed by atoms with Crippen LogP contribution in [0.2, 0.25) is 10.0 Å². The molecule has 260 valence electrons. The summed E-state index contributed by atoms with van der Waals surface area (Å²) in [6, 6.07) is 22.5. The molecular formula is C36H36Cl2F3N3O4S. The summed E-state index contributed by atoms with van der Waals surface area (Å²) in [7, 11) is -4.62. The van der Waals surface area contributed by atoms with E-state index in [1.807, 2.05) is 19.9 Å².